The standard InChI is InChI=1S/C42H34O8/c1-5-47-39(43)33-19-27(20-34(23-33)40(44)48-6-2)15-17-29-11-9-13-31-26-38-30(12-10-14-32(38)25-37(29)31)18-16-28-21-35(41(45)49-7-3)24-36(22-28)42(46)50-8-4/h9-14,19-26H,5-8H2,1-4H3. The lowest BCUT2D eigenvalue weighted by Gasteiger charge is -2.08. The minimum atomic E-state index is -0.552. The second-order valence-electron chi connectivity index (χ2n) is 10.9. The topological polar surface area (TPSA) is 105 Å². The minimum absolute atomic E-state index is 0.194. The van der Waals surface area contributed by atoms with Crippen LogP contribution in [-0.4, -0.2) is 50.3 Å². The highest BCUT2D eigenvalue weighted by atomic mass is 16.5. The van der Waals surface area contributed by atoms with Crippen LogP contribution in [0, 0.1) is 23.7 Å². The maximum Gasteiger partial charge on any atom is 0.338 e. The summed E-state index contributed by atoms with van der Waals surface area (Å²) in [5.41, 5.74) is 3.28. The fourth-order valence-electron chi connectivity index (χ4n) is 5.28. The van der Waals surface area contributed by atoms with Crippen molar-refractivity contribution >= 4 is 45.4 Å². The molecule has 0 aromatic heterocycles. The fourth-order valence-corrected chi connectivity index (χ4v) is 5.28. The van der Waals surface area contributed by atoms with E-state index in [0.29, 0.717) is 11.1 Å². The monoisotopic (exact) mass is 666 g/mol. The molecule has 0 bridgehead atoms. The van der Waals surface area contributed by atoms with E-state index in [2.05, 4.69) is 23.7 Å². The number of fused-ring (bicyclic) bond motifs is 2. The van der Waals surface area contributed by atoms with Crippen LogP contribution in [0.5, 0.6) is 0 Å². The Hall–Kier alpha value is -6.38. The zero-order valence-electron chi connectivity index (χ0n) is 28.2. The number of carbonyl (C=O) groups is 4. The van der Waals surface area contributed by atoms with Gasteiger partial charge in [-0.2, -0.15) is 0 Å². The summed E-state index contributed by atoms with van der Waals surface area (Å²) in [5.74, 6) is 10.4. The minimum Gasteiger partial charge on any atom is -0.462 e. The molecule has 0 radical (unpaired) electrons. The fraction of sp³-hybridized carbons (Fsp3) is 0.190. The van der Waals surface area contributed by atoms with Crippen molar-refractivity contribution in [2.24, 2.45) is 0 Å². The average Bonchev–Trinajstić information content (AvgIpc) is 3.12. The van der Waals surface area contributed by atoms with E-state index in [9.17, 15) is 19.2 Å². The van der Waals surface area contributed by atoms with Gasteiger partial charge in [0.2, 0.25) is 0 Å². The second kappa shape index (κ2) is 16.1. The summed E-state index contributed by atoms with van der Waals surface area (Å²) in [4.78, 5) is 50.1. The van der Waals surface area contributed by atoms with Gasteiger partial charge < -0.3 is 18.9 Å². The highest BCUT2D eigenvalue weighted by Crippen LogP contribution is 2.28. The summed E-state index contributed by atoms with van der Waals surface area (Å²) >= 11 is 0. The van der Waals surface area contributed by atoms with Crippen LogP contribution in [0.15, 0.2) is 84.9 Å². The van der Waals surface area contributed by atoms with Crippen molar-refractivity contribution in [3.63, 3.8) is 0 Å². The first-order valence-corrected chi connectivity index (χ1v) is 16.2. The van der Waals surface area contributed by atoms with Crippen LogP contribution in [-0.2, 0) is 18.9 Å². The highest BCUT2D eigenvalue weighted by Gasteiger charge is 2.16. The molecule has 50 heavy (non-hydrogen) atoms. The van der Waals surface area contributed by atoms with Crippen LogP contribution < -0.4 is 0 Å². The van der Waals surface area contributed by atoms with Gasteiger partial charge in [-0.1, -0.05) is 47.9 Å². The van der Waals surface area contributed by atoms with E-state index in [0.717, 1.165) is 32.7 Å². The van der Waals surface area contributed by atoms with Crippen molar-refractivity contribution in [3.8, 4) is 23.7 Å². The van der Waals surface area contributed by atoms with E-state index in [1.165, 1.54) is 12.1 Å². The summed E-state index contributed by atoms with van der Waals surface area (Å²) < 4.78 is 20.6. The molecule has 0 fully saturated rings. The maximum absolute atomic E-state index is 12.5. The Bertz CT molecular complexity index is 2030. The van der Waals surface area contributed by atoms with Crippen molar-refractivity contribution in [1.29, 1.82) is 0 Å². The lowest BCUT2D eigenvalue weighted by molar-refractivity contribution is 0.0506. The predicted molar refractivity (Wildman–Crippen MR) is 190 cm³/mol. The van der Waals surface area contributed by atoms with Crippen LogP contribution in [0.2, 0.25) is 0 Å². The Balaban J connectivity index is 1.55. The third-order valence-electron chi connectivity index (χ3n) is 7.47. The van der Waals surface area contributed by atoms with Gasteiger partial charge in [-0.25, -0.2) is 19.2 Å². The van der Waals surface area contributed by atoms with Crippen LogP contribution in [0.4, 0.5) is 0 Å². The molecule has 0 amide bonds. The van der Waals surface area contributed by atoms with Crippen molar-refractivity contribution < 1.29 is 38.1 Å². The molecule has 0 saturated carbocycles. The summed E-state index contributed by atoms with van der Waals surface area (Å²) in [6.45, 7) is 7.62. The number of ether oxygens (including phenoxy) is 4. The molecular formula is C42H34O8. The Morgan fingerprint density at radius 1 is 0.440 bits per heavy atom. The van der Waals surface area contributed by atoms with Crippen LogP contribution in [0.3, 0.4) is 0 Å². The smallest absolute Gasteiger partial charge is 0.338 e. The molecule has 0 heterocycles. The van der Waals surface area contributed by atoms with E-state index in [1.807, 2.05) is 48.5 Å². The molecule has 5 aromatic carbocycles. The zero-order chi connectivity index (χ0) is 35.6. The largest absolute Gasteiger partial charge is 0.462 e. The summed E-state index contributed by atoms with van der Waals surface area (Å²) in [5, 5.41) is 3.68. The SMILES string of the molecule is CCOC(=O)c1cc(C#Cc2cccc3cc4c(C#Cc5cc(C(=O)OCC)cc(C(=O)OCC)c5)cccc4cc23)cc(C(=O)OCC)c1. The van der Waals surface area contributed by atoms with E-state index in [1.54, 1.807) is 52.0 Å². The summed E-state index contributed by atoms with van der Waals surface area (Å²) in [7, 11) is 0. The van der Waals surface area contributed by atoms with Crippen LogP contribution in [0.25, 0.3) is 21.5 Å². The average molecular weight is 667 g/mol. The number of benzene rings is 5. The number of hydrogen-bond acceptors (Lipinski definition) is 8. The molecule has 0 spiro atoms. The van der Waals surface area contributed by atoms with Gasteiger partial charge in [-0.3, -0.25) is 0 Å². The molecule has 0 unspecified atom stereocenters. The molecular weight excluding hydrogens is 632 g/mol. The van der Waals surface area contributed by atoms with Gasteiger partial charge in [0.05, 0.1) is 48.7 Å². The second-order valence-corrected chi connectivity index (χ2v) is 10.9. The molecule has 8 nitrogen and oxygen atoms in total. The maximum atomic E-state index is 12.5. The molecule has 0 saturated heterocycles. The molecule has 0 N–H and O–H groups in total. The molecule has 0 aliphatic heterocycles. The number of carbonyl (C=O) groups excluding carboxylic acids is 4. The molecule has 250 valence electrons. The van der Waals surface area contributed by atoms with Gasteiger partial charge in [0.15, 0.2) is 0 Å². The lowest BCUT2D eigenvalue weighted by Crippen LogP contribution is -2.09. The summed E-state index contributed by atoms with van der Waals surface area (Å²) in [6, 6.07) is 24.9. The van der Waals surface area contributed by atoms with E-state index >= 15 is 0 Å². The van der Waals surface area contributed by atoms with Crippen molar-refractivity contribution in [2.75, 3.05) is 26.4 Å². The number of rotatable bonds is 8. The quantitative estimate of drug-likeness (QED) is 0.0726. The highest BCUT2D eigenvalue weighted by molar-refractivity contribution is 6.03. The van der Waals surface area contributed by atoms with Crippen molar-refractivity contribution in [3.05, 3.63) is 129 Å². The molecule has 0 aliphatic rings. The van der Waals surface area contributed by atoms with Gasteiger partial charge in [0.1, 0.15) is 0 Å². The van der Waals surface area contributed by atoms with E-state index in [-0.39, 0.29) is 48.7 Å². The Kier molecular flexibility index (Phi) is 11.3. The normalized spacial score (nSPS) is 10.3. The Morgan fingerprint density at radius 2 is 0.760 bits per heavy atom. The molecule has 5 rings (SSSR count). The number of hydrogen-bond donors (Lipinski definition) is 0. The van der Waals surface area contributed by atoms with Crippen LogP contribution >= 0.6 is 0 Å². The first-order chi connectivity index (χ1) is 24.2. The predicted octanol–water partition coefficient (Wildman–Crippen LogP) is 7.50. The van der Waals surface area contributed by atoms with Crippen molar-refractivity contribution in [1.82, 2.24) is 0 Å². The third kappa shape index (κ3) is 8.18. The van der Waals surface area contributed by atoms with E-state index < -0.39 is 23.9 Å². The molecule has 8 heteroatoms. The van der Waals surface area contributed by atoms with Crippen molar-refractivity contribution in [2.45, 2.75) is 27.7 Å². The van der Waals surface area contributed by atoms with Gasteiger partial charge in [-0.05, 0) is 110 Å². The third-order valence-corrected chi connectivity index (χ3v) is 7.47. The first kappa shape index (κ1) is 34.9. The Labute approximate surface area is 290 Å². The molecule has 0 aliphatic carbocycles. The van der Waals surface area contributed by atoms with Gasteiger partial charge in [0.25, 0.3) is 0 Å². The van der Waals surface area contributed by atoms with Crippen LogP contribution in [0.1, 0.15) is 91.4 Å². The lowest BCUT2D eigenvalue weighted by atomic mass is 9.97. The zero-order valence-corrected chi connectivity index (χ0v) is 28.2. The Morgan fingerprint density at radius 3 is 1.06 bits per heavy atom. The van der Waals surface area contributed by atoms with Gasteiger partial charge >= 0.3 is 23.9 Å². The molecule has 5 aromatic rings. The first-order valence-electron chi connectivity index (χ1n) is 16.2. The summed E-state index contributed by atoms with van der Waals surface area (Å²) in [6.07, 6.45) is 0. The van der Waals surface area contributed by atoms with E-state index in [4.69, 9.17) is 18.9 Å². The van der Waals surface area contributed by atoms with Gasteiger partial charge in [0, 0.05) is 22.3 Å². The van der Waals surface area contributed by atoms with Gasteiger partial charge in [-0.15, -0.1) is 0 Å². The molecule has 0 atom stereocenters. The number of esters is 4.